The number of ether oxygens (including phenoxy) is 1. The van der Waals surface area contributed by atoms with Gasteiger partial charge in [-0.3, -0.25) is 4.90 Å². The minimum atomic E-state index is -0.0892. The quantitative estimate of drug-likeness (QED) is 0.306. The van der Waals surface area contributed by atoms with E-state index in [-0.39, 0.29) is 6.10 Å². The van der Waals surface area contributed by atoms with Gasteiger partial charge >= 0.3 is 0 Å². The Kier molecular flexibility index (Phi) is 7.53. The maximum absolute atomic E-state index is 6.45. The van der Waals surface area contributed by atoms with Crippen molar-refractivity contribution >= 4 is 47.8 Å². The number of likely N-dealkylation sites (N-methyl/N-ethyl adjacent to an activating group) is 1. The fourth-order valence-electron chi connectivity index (χ4n) is 2.88. The molecule has 27 heavy (non-hydrogen) atoms. The van der Waals surface area contributed by atoms with E-state index in [1.807, 2.05) is 30.3 Å². The second-order valence-electron chi connectivity index (χ2n) is 6.36. The van der Waals surface area contributed by atoms with E-state index in [2.05, 4.69) is 102 Å². The zero-order chi connectivity index (χ0) is 19.2. The predicted octanol–water partition coefficient (Wildman–Crippen LogP) is 7.23. The number of hydrogen-bond acceptors (Lipinski definition) is 2. The second-order valence-corrected chi connectivity index (χ2v) is 8.92. The lowest BCUT2D eigenvalue weighted by Crippen LogP contribution is -2.27. The topological polar surface area (TPSA) is 12.5 Å². The minimum Gasteiger partial charge on any atom is -0.482 e. The smallest absolute Gasteiger partial charge is 0.148 e. The van der Waals surface area contributed by atoms with Crippen molar-refractivity contribution in [1.82, 2.24) is 4.90 Å². The molecule has 0 bridgehead atoms. The van der Waals surface area contributed by atoms with Crippen molar-refractivity contribution in [1.29, 1.82) is 0 Å². The van der Waals surface area contributed by atoms with Gasteiger partial charge in [-0.1, -0.05) is 70.5 Å². The van der Waals surface area contributed by atoms with E-state index < -0.39 is 0 Å². The molecule has 0 radical (unpaired) electrons. The van der Waals surface area contributed by atoms with Crippen LogP contribution in [-0.2, 0) is 6.54 Å². The van der Waals surface area contributed by atoms with Gasteiger partial charge in [0, 0.05) is 17.6 Å². The third-order valence-corrected chi connectivity index (χ3v) is 6.25. The summed E-state index contributed by atoms with van der Waals surface area (Å²) < 4.78 is 9.45. The summed E-state index contributed by atoms with van der Waals surface area (Å²) >= 11 is 10.8. The zero-order valence-electron chi connectivity index (χ0n) is 14.9. The molecular weight excluding hydrogens is 534 g/mol. The molecule has 5 heteroatoms. The van der Waals surface area contributed by atoms with Crippen LogP contribution < -0.4 is 4.74 Å². The van der Waals surface area contributed by atoms with Gasteiger partial charge in [-0.05, 0) is 68.2 Å². The van der Waals surface area contributed by atoms with Crippen LogP contribution in [-0.4, -0.2) is 18.5 Å². The first-order chi connectivity index (χ1) is 13.0. The highest BCUT2D eigenvalue weighted by atomic mass is 79.9. The maximum Gasteiger partial charge on any atom is 0.148 e. The first kappa shape index (κ1) is 20.6. The van der Waals surface area contributed by atoms with Crippen molar-refractivity contribution in [3.05, 3.63) is 97.3 Å². The van der Waals surface area contributed by atoms with Crippen molar-refractivity contribution in [2.75, 3.05) is 13.6 Å². The molecular formula is C22H20Br3NO. The van der Waals surface area contributed by atoms with Crippen LogP contribution in [0.25, 0.3) is 0 Å². The minimum absolute atomic E-state index is 0.0892. The molecule has 0 aliphatic rings. The molecule has 3 aromatic rings. The van der Waals surface area contributed by atoms with Crippen molar-refractivity contribution in [2.24, 2.45) is 0 Å². The number of halogens is 3. The van der Waals surface area contributed by atoms with E-state index >= 15 is 0 Å². The van der Waals surface area contributed by atoms with E-state index in [0.717, 1.165) is 37.8 Å². The molecule has 0 unspecified atom stereocenters. The monoisotopic (exact) mass is 551 g/mol. The van der Waals surface area contributed by atoms with E-state index in [1.54, 1.807) is 0 Å². The average Bonchev–Trinajstić information content (AvgIpc) is 2.66. The van der Waals surface area contributed by atoms with Crippen molar-refractivity contribution < 1.29 is 4.74 Å². The molecule has 0 fully saturated rings. The van der Waals surface area contributed by atoms with Crippen LogP contribution in [0.15, 0.2) is 86.2 Å². The van der Waals surface area contributed by atoms with E-state index in [9.17, 15) is 0 Å². The average molecular weight is 554 g/mol. The molecule has 0 spiro atoms. The molecule has 0 saturated carbocycles. The van der Waals surface area contributed by atoms with E-state index in [1.165, 1.54) is 5.56 Å². The molecule has 2 nitrogen and oxygen atoms in total. The third kappa shape index (κ3) is 5.67. The van der Waals surface area contributed by atoms with Crippen LogP contribution in [0.5, 0.6) is 5.75 Å². The number of rotatable bonds is 7. The van der Waals surface area contributed by atoms with Gasteiger partial charge in [0.1, 0.15) is 11.9 Å². The van der Waals surface area contributed by atoms with Crippen LogP contribution >= 0.6 is 47.8 Å². The van der Waals surface area contributed by atoms with Gasteiger partial charge in [0.15, 0.2) is 0 Å². The summed E-state index contributed by atoms with van der Waals surface area (Å²) in [6.07, 6.45) is -0.0892. The second kappa shape index (κ2) is 9.87. The van der Waals surface area contributed by atoms with Gasteiger partial charge in [-0.25, -0.2) is 0 Å². The first-order valence-corrected chi connectivity index (χ1v) is 11.0. The fourth-order valence-corrected chi connectivity index (χ4v) is 4.48. The highest BCUT2D eigenvalue weighted by Gasteiger charge is 2.19. The summed E-state index contributed by atoms with van der Waals surface area (Å²) in [5.74, 6) is 0.820. The van der Waals surface area contributed by atoms with Gasteiger partial charge in [0.2, 0.25) is 0 Å². The molecule has 140 valence electrons. The summed E-state index contributed by atoms with van der Waals surface area (Å²) in [4.78, 5) is 2.28. The lowest BCUT2D eigenvalue weighted by Gasteiger charge is -2.26. The number of nitrogens with zero attached hydrogens (tertiary/aromatic N) is 1. The fraction of sp³-hybridized carbons (Fsp3) is 0.182. The Morgan fingerprint density at radius 2 is 1.37 bits per heavy atom. The summed E-state index contributed by atoms with van der Waals surface area (Å²) in [5, 5.41) is 0. The summed E-state index contributed by atoms with van der Waals surface area (Å²) in [5.41, 5.74) is 2.41. The van der Waals surface area contributed by atoms with Crippen LogP contribution in [0, 0.1) is 0 Å². The number of hydrogen-bond donors (Lipinski definition) is 0. The summed E-state index contributed by atoms with van der Waals surface area (Å²) in [6.45, 7) is 1.60. The predicted molar refractivity (Wildman–Crippen MR) is 122 cm³/mol. The number of benzene rings is 3. The van der Waals surface area contributed by atoms with Gasteiger partial charge < -0.3 is 4.74 Å². The van der Waals surface area contributed by atoms with E-state index in [4.69, 9.17) is 4.74 Å². The summed E-state index contributed by atoms with van der Waals surface area (Å²) in [7, 11) is 2.12. The van der Waals surface area contributed by atoms with E-state index in [0.29, 0.717) is 0 Å². The van der Waals surface area contributed by atoms with Crippen molar-refractivity contribution in [3.8, 4) is 5.75 Å². The summed E-state index contributed by atoms with van der Waals surface area (Å²) in [6, 6.07) is 24.6. The van der Waals surface area contributed by atoms with Gasteiger partial charge in [-0.2, -0.15) is 0 Å². The molecule has 0 N–H and O–H groups in total. The van der Waals surface area contributed by atoms with Crippen molar-refractivity contribution in [2.45, 2.75) is 12.6 Å². The lowest BCUT2D eigenvalue weighted by atomic mass is 10.1. The Hall–Kier alpha value is -1.14. The molecule has 3 rings (SSSR count). The van der Waals surface area contributed by atoms with Crippen LogP contribution in [0.1, 0.15) is 17.2 Å². The lowest BCUT2D eigenvalue weighted by molar-refractivity contribution is 0.143. The molecule has 0 aromatic heterocycles. The Labute approximate surface area is 185 Å². The zero-order valence-corrected chi connectivity index (χ0v) is 19.7. The molecule has 0 aliphatic carbocycles. The van der Waals surface area contributed by atoms with Gasteiger partial charge in [-0.15, -0.1) is 0 Å². The molecule has 3 aromatic carbocycles. The SMILES string of the molecule is CN(Cc1ccccc1Br)C[C@@H](Oc1c(Br)cccc1Br)c1ccccc1. The van der Waals surface area contributed by atoms with Crippen LogP contribution in [0.3, 0.4) is 0 Å². The highest BCUT2D eigenvalue weighted by Crippen LogP contribution is 2.36. The third-order valence-electron chi connectivity index (χ3n) is 4.23. The van der Waals surface area contributed by atoms with Crippen LogP contribution in [0.2, 0.25) is 0 Å². The molecule has 0 aliphatic heterocycles. The number of para-hydroxylation sites is 1. The standard InChI is InChI=1S/C22H20Br3NO/c1-26(14-17-10-5-6-11-18(17)23)15-21(16-8-3-2-4-9-16)27-22-19(24)12-7-13-20(22)25/h2-13,21H,14-15H2,1H3/t21-/m1/s1. The molecule has 0 amide bonds. The Morgan fingerprint density at radius 3 is 2.04 bits per heavy atom. The van der Waals surface area contributed by atoms with Gasteiger partial charge in [0.25, 0.3) is 0 Å². The Morgan fingerprint density at radius 1 is 0.778 bits per heavy atom. The molecule has 0 saturated heterocycles. The van der Waals surface area contributed by atoms with Crippen LogP contribution in [0.4, 0.5) is 0 Å². The largest absolute Gasteiger partial charge is 0.482 e. The Balaban J connectivity index is 1.81. The Bertz CT molecular complexity index is 865. The van der Waals surface area contributed by atoms with Gasteiger partial charge in [0.05, 0.1) is 8.95 Å². The normalized spacial score (nSPS) is 12.2. The van der Waals surface area contributed by atoms with Crippen molar-refractivity contribution in [3.63, 3.8) is 0 Å². The molecule has 1 atom stereocenters. The maximum atomic E-state index is 6.45. The molecule has 0 heterocycles. The highest BCUT2D eigenvalue weighted by molar-refractivity contribution is 9.11. The first-order valence-electron chi connectivity index (χ1n) is 8.62.